The maximum atomic E-state index is 5.93. The molecule has 0 spiro atoms. The first-order chi connectivity index (χ1) is 15.9. The second-order valence-corrected chi connectivity index (χ2v) is 9.11. The summed E-state index contributed by atoms with van der Waals surface area (Å²) in [6, 6.07) is 23.1. The van der Waals surface area contributed by atoms with Gasteiger partial charge in [-0.05, 0) is 65.6 Å². The van der Waals surface area contributed by atoms with E-state index in [-0.39, 0.29) is 11.5 Å². The molecule has 170 valence electrons. The standard InChI is InChI=1S/C27H31N5O/c1-19(2)27(5,22-11-9-21(10-12-22)26-29-30-31-32(26)20(3)4)23-13-15-25(16-14-23)33-18-24-8-6-7-17-28-24/h6-17,19-20H,18H2,1-5H3. The van der Waals surface area contributed by atoms with Crippen molar-refractivity contribution in [1.29, 1.82) is 0 Å². The molecule has 2 heterocycles. The average Bonchev–Trinajstić information content (AvgIpc) is 3.34. The highest BCUT2D eigenvalue weighted by atomic mass is 16.5. The third kappa shape index (κ3) is 4.65. The summed E-state index contributed by atoms with van der Waals surface area (Å²) in [5.41, 5.74) is 4.29. The quantitative estimate of drug-likeness (QED) is 0.343. The molecule has 0 bridgehead atoms. The maximum absolute atomic E-state index is 5.93. The van der Waals surface area contributed by atoms with Gasteiger partial charge < -0.3 is 4.74 Å². The number of ether oxygens (including phenoxy) is 1. The van der Waals surface area contributed by atoms with Crippen LogP contribution in [0.2, 0.25) is 0 Å². The number of aromatic nitrogens is 5. The van der Waals surface area contributed by atoms with Gasteiger partial charge in [0.1, 0.15) is 12.4 Å². The van der Waals surface area contributed by atoms with Crippen LogP contribution >= 0.6 is 0 Å². The molecule has 0 fully saturated rings. The predicted molar refractivity (Wildman–Crippen MR) is 130 cm³/mol. The highest BCUT2D eigenvalue weighted by Crippen LogP contribution is 2.40. The van der Waals surface area contributed by atoms with E-state index in [1.54, 1.807) is 6.20 Å². The predicted octanol–water partition coefficient (Wildman–Crippen LogP) is 5.86. The van der Waals surface area contributed by atoms with E-state index < -0.39 is 0 Å². The number of benzene rings is 2. The van der Waals surface area contributed by atoms with E-state index in [1.165, 1.54) is 11.1 Å². The fourth-order valence-electron chi connectivity index (χ4n) is 4.07. The Kier molecular flexibility index (Phi) is 6.54. The van der Waals surface area contributed by atoms with Gasteiger partial charge in [-0.2, -0.15) is 0 Å². The zero-order valence-electron chi connectivity index (χ0n) is 19.9. The first kappa shape index (κ1) is 22.6. The monoisotopic (exact) mass is 441 g/mol. The van der Waals surface area contributed by atoms with Crippen molar-refractivity contribution in [1.82, 2.24) is 25.2 Å². The molecule has 1 unspecified atom stereocenters. The minimum absolute atomic E-state index is 0.151. The van der Waals surface area contributed by atoms with Crippen molar-refractivity contribution in [2.45, 2.75) is 52.7 Å². The van der Waals surface area contributed by atoms with Crippen LogP contribution in [0.3, 0.4) is 0 Å². The lowest BCUT2D eigenvalue weighted by molar-refractivity contribution is 0.301. The second-order valence-electron chi connectivity index (χ2n) is 9.11. The van der Waals surface area contributed by atoms with E-state index in [2.05, 4.69) is 91.5 Å². The van der Waals surface area contributed by atoms with E-state index in [0.717, 1.165) is 22.8 Å². The lowest BCUT2D eigenvalue weighted by Crippen LogP contribution is -2.30. The fraction of sp³-hybridized carbons (Fsp3) is 0.333. The summed E-state index contributed by atoms with van der Waals surface area (Å²) in [5, 5.41) is 12.2. The second kappa shape index (κ2) is 9.53. The summed E-state index contributed by atoms with van der Waals surface area (Å²) >= 11 is 0. The van der Waals surface area contributed by atoms with Gasteiger partial charge in [-0.3, -0.25) is 4.98 Å². The first-order valence-electron chi connectivity index (χ1n) is 11.4. The number of nitrogens with zero attached hydrogens (tertiary/aromatic N) is 5. The van der Waals surface area contributed by atoms with E-state index in [4.69, 9.17) is 4.74 Å². The summed E-state index contributed by atoms with van der Waals surface area (Å²) in [7, 11) is 0. The van der Waals surface area contributed by atoms with E-state index >= 15 is 0 Å². The summed E-state index contributed by atoms with van der Waals surface area (Å²) < 4.78 is 7.78. The van der Waals surface area contributed by atoms with Crippen LogP contribution in [0.1, 0.15) is 57.5 Å². The minimum Gasteiger partial charge on any atom is -0.487 e. The van der Waals surface area contributed by atoms with Crippen LogP contribution in [-0.4, -0.2) is 25.2 Å². The molecule has 1 atom stereocenters. The third-order valence-corrected chi connectivity index (χ3v) is 6.45. The molecule has 4 rings (SSSR count). The molecule has 0 saturated carbocycles. The van der Waals surface area contributed by atoms with E-state index in [9.17, 15) is 0 Å². The third-order valence-electron chi connectivity index (χ3n) is 6.45. The number of hydrogen-bond donors (Lipinski definition) is 0. The lowest BCUT2D eigenvalue weighted by atomic mass is 9.68. The summed E-state index contributed by atoms with van der Waals surface area (Å²) in [6.07, 6.45) is 1.78. The molecular formula is C27H31N5O. The highest BCUT2D eigenvalue weighted by molar-refractivity contribution is 5.56. The van der Waals surface area contributed by atoms with Gasteiger partial charge in [0.2, 0.25) is 0 Å². The van der Waals surface area contributed by atoms with Crippen molar-refractivity contribution in [3.8, 4) is 17.1 Å². The summed E-state index contributed by atoms with van der Waals surface area (Å²) in [4.78, 5) is 4.32. The molecule has 33 heavy (non-hydrogen) atoms. The smallest absolute Gasteiger partial charge is 0.182 e. The Bertz CT molecular complexity index is 1170. The molecule has 6 heteroatoms. The van der Waals surface area contributed by atoms with Gasteiger partial charge in [0.15, 0.2) is 5.82 Å². The zero-order valence-corrected chi connectivity index (χ0v) is 19.9. The zero-order chi connectivity index (χ0) is 23.4. The van der Waals surface area contributed by atoms with Crippen molar-refractivity contribution < 1.29 is 4.74 Å². The van der Waals surface area contributed by atoms with Crippen molar-refractivity contribution in [3.05, 3.63) is 89.7 Å². The van der Waals surface area contributed by atoms with Crippen LogP contribution in [-0.2, 0) is 12.0 Å². The van der Waals surface area contributed by atoms with Crippen LogP contribution in [0, 0.1) is 5.92 Å². The van der Waals surface area contributed by atoms with Gasteiger partial charge in [0.25, 0.3) is 0 Å². The van der Waals surface area contributed by atoms with Gasteiger partial charge in [0.05, 0.1) is 11.7 Å². The largest absolute Gasteiger partial charge is 0.487 e. The molecule has 2 aromatic heterocycles. The molecule has 0 radical (unpaired) electrons. The molecule has 6 nitrogen and oxygen atoms in total. The molecule has 0 saturated heterocycles. The Morgan fingerprint density at radius 1 is 0.879 bits per heavy atom. The number of pyridine rings is 1. The molecule has 0 aliphatic heterocycles. The molecule has 0 aliphatic rings. The normalized spacial score (nSPS) is 13.3. The first-order valence-corrected chi connectivity index (χ1v) is 11.4. The summed E-state index contributed by atoms with van der Waals surface area (Å²) in [5.74, 6) is 2.02. The Morgan fingerprint density at radius 3 is 2.12 bits per heavy atom. The van der Waals surface area contributed by atoms with Crippen LogP contribution in [0.4, 0.5) is 0 Å². The van der Waals surface area contributed by atoms with Gasteiger partial charge in [0, 0.05) is 17.2 Å². The molecule has 0 N–H and O–H groups in total. The Hall–Kier alpha value is -3.54. The lowest BCUT2D eigenvalue weighted by Gasteiger charge is -2.35. The molecule has 0 amide bonds. The van der Waals surface area contributed by atoms with Crippen LogP contribution in [0.25, 0.3) is 11.4 Å². The van der Waals surface area contributed by atoms with Crippen LogP contribution in [0.5, 0.6) is 5.75 Å². The number of rotatable bonds is 8. The van der Waals surface area contributed by atoms with E-state index in [0.29, 0.717) is 12.5 Å². The number of hydrogen-bond acceptors (Lipinski definition) is 5. The Labute approximate surface area is 195 Å². The Morgan fingerprint density at radius 2 is 1.55 bits per heavy atom. The molecular weight excluding hydrogens is 410 g/mol. The average molecular weight is 442 g/mol. The fourth-order valence-corrected chi connectivity index (χ4v) is 4.07. The van der Waals surface area contributed by atoms with Gasteiger partial charge >= 0.3 is 0 Å². The maximum Gasteiger partial charge on any atom is 0.182 e. The molecule has 0 aliphatic carbocycles. The SMILES string of the molecule is CC(C)n1nnnc1-c1ccc(C(C)(c2ccc(OCc3ccccn3)cc2)C(C)C)cc1. The Balaban J connectivity index is 1.57. The van der Waals surface area contributed by atoms with Gasteiger partial charge in [-0.25, -0.2) is 4.68 Å². The minimum atomic E-state index is -0.151. The van der Waals surface area contributed by atoms with Gasteiger partial charge in [-0.1, -0.05) is 63.2 Å². The molecule has 4 aromatic rings. The van der Waals surface area contributed by atoms with E-state index in [1.807, 2.05) is 35.0 Å². The van der Waals surface area contributed by atoms with Crippen molar-refractivity contribution in [2.75, 3.05) is 0 Å². The van der Waals surface area contributed by atoms with Crippen molar-refractivity contribution in [2.24, 2.45) is 5.92 Å². The van der Waals surface area contributed by atoms with Crippen LogP contribution in [0.15, 0.2) is 72.9 Å². The topological polar surface area (TPSA) is 65.7 Å². The van der Waals surface area contributed by atoms with Crippen molar-refractivity contribution >= 4 is 0 Å². The summed E-state index contributed by atoms with van der Waals surface area (Å²) in [6.45, 7) is 11.4. The van der Waals surface area contributed by atoms with Gasteiger partial charge in [-0.15, -0.1) is 5.10 Å². The van der Waals surface area contributed by atoms with Crippen molar-refractivity contribution in [3.63, 3.8) is 0 Å². The number of tetrazole rings is 1. The molecule has 2 aromatic carbocycles. The highest BCUT2D eigenvalue weighted by Gasteiger charge is 2.32. The van der Waals surface area contributed by atoms with Crippen LogP contribution < -0.4 is 4.74 Å².